The number of rotatable bonds is 6. The zero-order valence-electron chi connectivity index (χ0n) is 12.4. The van der Waals surface area contributed by atoms with E-state index in [1.807, 2.05) is 19.1 Å². The first-order valence-corrected chi connectivity index (χ1v) is 7.56. The molecule has 0 aromatic heterocycles. The molecule has 0 aliphatic heterocycles. The number of ether oxygens (including phenoxy) is 2. The van der Waals surface area contributed by atoms with Gasteiger partial charge in [-0.3, -0.25) is 4.79 Å². The zero-order valence-corrected chi connectivity index (χ0v) is 12.4. The maximum absolute atomic E-state index is 12.1. The summed E-state index contributed by atoms with van der Waals surface area (Å²) < 4.78 is 11.1. The Morgan fingerprint density at radius 1 is 1.15 bits per heavy atom. The molecule has 2 rings (SSSR count). The molecule has 20 heavy (non-hydrogen) atoms. The summed E-state index contributed by atoms with van der Waals surface area (Å²) >= 11 is 0. The number of ketones is 1. The fourth-order valence-electron chi connectivity index (χ4n) is 2.58. The largest absolute Gasteiger partial charge is 0.494 e. The van der Waals surface area contributed by atoms with Crippen molar-refractivity contribution in [3.05, 3.63) is 29.8 Å². The molecule has 0 unspecified atom stereocenters. The molecule has 0 bridgehead atoms. The molecule has 1 aliphatic rings. The van der Waals surface area contributed by atoms with E-state index in [1.54, 1.807) is 12.1 Å². The van der Waals surface area contributed by atoms with Crippen LogP contribution in [0.5, 0.6) is 5.75 Å². The van der Waals surface area contributed by atoms with Gasteiger partial charge in [-0.15, -0.1) is 0 Å². The Labute approximate surface area is 121 Å². The van der Waals surface area contributed by atoms with Crippen LogP contribution in [0.3, 0.4) is 0 Å². The average Bonchev–Trinajstić information content (AvgIpc) is 2.47. The smallest absolute Gasteiger partial charge is 0.188 e. The Hall–Kier alpha value is -1.35. The summed E-state index contributed by atoms with van der Waals surface area (Å²) in [6.07, 6.45) is 4.84. The number of Topliss-reactive ketones (excluding diaryl/α,β-unsaturated/α-hetero) is 1. The van der Waals surface area contributed by atoms with E-state index in [2.05, 4.69) is 6.92 Å². The Morgan fingerprint density at radius 3 is 2.40 bits per heavy atom. The second-order valence-electron chi connectivity index (χ2n) is 5.57. The molecule has 0 N–H and O–H groups in total. The van der Waals surface area contributed by atoms with Gasteiger partial charge < -0.3 is 9.47 Å². The first-order valence-electron chi connectivity index (χ1n) is 7.56. The van der Waals surface area contributed by atoms with Crippen molar-refractivity contribution in [2.75, 3.05) is 13.2 Å². The highest BCUT2D eigenvalue weighted by molar-refractivity contribution is 5.97. The third-order valence-corrected chi connectivity index (χ3v) is 3.90. The molecule has 3 heteroatoms. The van der Waals surface area contributed by atoms with Gasteiger partial charge in [0, 0.05) is 5.56 Å². The van der Waals surface area contributed by atoms with Crippen molar-refractivity contribution in [1.82, 2.24) is 0 Å². The lowest BCUT2D eigenvalue weighted by Gasteiger charge is -2.25. The summed E-state index contributed by atoms with van der Waals surface area (Å²) in [5.41, 5.74) is 0.692. The van der Waals surface area contributed by atoms with Crippen LogP contribution >= 0.6 is 0 Å². The molecule has 0 radical (unpaired) electrons. The van der Waals surface area contributed by atoms with Crippen molar-refractivity contribution in [2.45, 2.75) is 45.6 Å². The molecule has 0 heterocycles. The second kappa shape index (κ2) is 7.44. The molecule has 0 saturated heterocycles. The second-order valence-corrected chi connectivity index (χ2v) is 5.57. The van der Waals surface area contributed by atoms with Gasteiger partial charge in [0.15, 0.2) is 5.78 Å². The highest BCUT2D eigenvalue weighted by Crippen LogP contribution is 2.25. The monoisotopic (exact) mass is 276 g/mol. The van der Waals surface area contributed by atoms with Gasteiger partial charge in [-0.1, -0.05) is 6.92 Å². The summed E-state index contributed by atoms with van der Waals surface area (Å²) in [5.74, 6) is 1.65. The maximum Gasteiger partial charge on any atom is 0.188 e. The van der Waals surface area contributed by atoms with Crippen molar-refractivity contribution in [1.29, 1.82) is 0 Å². The molecule has 0 atom stereocenters. The van der Waals surface area contributed by atoms with Crippen molar-refractivity contribution in [3.63, 3.8) is 0 Å². The summed E-state index contributed by atoms with van der Waals surface area (Å²) in [5, 5.41) is 0. The lowest BCUT2D eigenvalue weighted by atomic mass is 9.89. The van der Waals surface area contributed by atoms with Crippen LogP contribution in [0.25, 0.3) is 0 Å². The molecule has 1 aromatic carbocycles. The fraction of sp³-hybridized carbons (Fsp3) is 0.588. The van der Waals surface area contributed by atoms with Gasteiger partial charge in [0.1, 0.15) is 12.4 Å². The topological polar surface area (TPSA) is 35.5 Å². The van der Waals surface area contributed by atoms with Crippen molar-refractivity contribution < 1.29 is 14.3 Å². The Balaban J connectivity index is 1.79. The predicted molar refractivity (Wildman–Crippen MR) is 79.3 cm³/mol. The van der Waals surface area contributed by atoms with Gasteiger partial charge in [-0.05, 0) is 62.8 Å². The van der Waals surface area contributed by atoms with Crippen molar-refractivity contribution in [3.8, 4) is 5.75 Å². The third-order valence-electron chi connectivity index (χ3n) is 3.90. The third kappa shape index (κ3) is 4.34. The molecule has 0 amide bonds. The number of hydrogen-bond acceptors (Lipinski definition) is 3. The van der Waals surface area contributed by atoms with Crippen molar-refractivity contribution >= 4 is 5.78 Å². The number of benzene rings is 1. The normalized spacial score (nSPS) is 22.5. The van der Waals surface area contributed by atoms with E-state index in [-0.39, 0.29) is 18.5 Å². The highest BCUT2D eigenvalue weighted by Gasteiger charge is 2.19. The maximum atomic E-state index is 12.1. The van der Waals surface area contributed by atoms with Crippen LogP contribution in [0, 0.1) is 5.92 Å². The van der Waals surface area contributed by atoms with E-state index in [1.165, 1.54) is 12.8 Å². The van der Waals surface area contributed by atoms with Gasteiger partial charge in [0.05, 0.1) is 12.7 Å². The van der Waals surface area contributed by atoms with E-state index in [9.17, 15) is 4.79 Å². The Bertz CT molecular complexity index is 416. The highest BCUT2D eigenvalue weighted by atomic mass is 16.5. The number of hydrogen-bond donors (Lipinski definition) is 0. The van der Waals surface area contributed by atoms with Gasteiger partial charge >= 0.3 is 0 Å². The van der Waals surface area contributed by atoms with Gasteiger partial charge in [0.2, 0.25) is 0 Å². The number of carbonyl (C=O) groups is 1. The van der Waals surface area contributed by atoms with Crippen LogP contribution in [0.2, 0.25) is 0 Å². The molecular weight excluding hydrogens is 252 g/mol. The van der Waals surface area contributed by atoms with Crippen LogP contribution in [0.4, 0.5) is 0 Å². The van der Waals surface area contributed by atoms with Crippen LogP contribution in [-0.2, 0) is 4.74 Å². The summed E-state index contributed by atoms with van der Waals surface area (Å²) in [6, 6.07) is 7.28. The molecule has 1 aliphatic carbocycles. The minimum Gasteiger partial charge on any atom is -0.494 e. The summed E-state index contributed by atoms with van der Waals surface area (Å²) in [7, 11) is 0. The van der Waals surface area contributed by atoms with Crippen LogP contribution in [-0.4, -0.2) is 25.1 Å². The molecule has 0 spiro atoms. The minimum atomic E-state index is 0.0478. The quantitative estimate of drug-likeness (QED) is 0.740. The predicted octanol–water partition coefficient (Wildman–Crippen LogP) is 3.86. The zero-order chi connectivity index (χ0) is 14.4. The summed E-state index contributed by atoms with van der Waals surface area (Å²) in [4.78, 5) is 12.1. The standard InChI is InChI=1S/C17H24O3/c1-3-19-15-10-6-14(7-11-15)17(18)12-20-16-8-4-13(2)5-9-16/h6-7,10-11,13,16H,3-5,8-9,12H2,1-2H3. The van der Waals surface area contributed by atoms with Crippen LogP contribution < -0.4 is 4.74 Å². The van der Waals surface area contributed by atoms with E-state index in [0.717, 1.165) is 24.5 Å². The molecular formula is C17H24O3. The minimum absolute atomic E-state index is 0.0478. The molecule has 1 saturated carbocycles. The van der Waals surface area contributed by atoms with E-state index in [4.69, 9.17) is 9.47 Å². The van der Waals surface area contributed by atoms with Gasteiger partial charge in [-0.2, -0.15) is 0 Å². The lowest BCUT2D eigenvalue weighted by molar-refractivity contribution is 0.0217. The first kappa shape index (κ1) is 15.0. The molecule has 1 fully saturated rings. The molecule has 3 nitrogen and oxygen atoms in total. The van der Waals surface area contributed by atoms with Gasteiger partial charge in [0.25, 0.3) is 0 Å². The van der Waals surface area contributed by atoms with E-state index < -0.39 is 0 Å². The average molecular weight is 276 g/mol. The van der Waals surface area contributed by atoms with Crippen LogP contribution in [0.15, 0.2) is 24.3 Å². The summed E-state index contributed by atoms with van der Waals surface area (Å²) in [6.45, 7) is 5.04. The SMILES string of the molecule is CCOc1ccc(C(=O)COC2CCC(C)CC2)cc1. The molecule has 1 aromatic rings. The van der Waals surface area contributed by atoms with Crippen LogP contribution in [0.1, 0.15) is 49.9 Å². The van der Waals surface area contributed by atoms with E-state index in [0.29, 0.717) is 12.2 Å². The first-order chi connectivity index (χ1) is 9.69. The van der Waals surface area contributed by atoms with Crippen molar-refractivity contribution in [2.24, 2.45) is 5.92 Å². The lowest BCUT2D eigenvalue weighted by Crippen LogP contribution is -2.23. The Morgan fingerprint density at radius 2 is 1.80 bits per heavy atom. The molecule has 110 valence electrons. The number of carbonyl (C=O) groups excluding carboxylic acids is 1. The van der Waals surface area contributed by atoms with E-state index >= 15 is 0 Å². The fourth-order valence-corrected chi connectivity index (χ4v) is 2.58. The van der Waals surface area contributed by atoms with Gasteiger partial charge in [-0.25, -0.2) is 0 Å². The Kier molecular flexibility index (Phi) is 5.60.